The normalized spacial score (nSPS) is 29.0. The molecule has 3 heteroatoms. The Morgan fingerprint density at radius 2 is 1.76 bits per heavy atom. The van der Waals surface area contributed by atoms with Gasteiger partial charge in [-0.15, -0.1) is 0 Å². The molecule has 0 spiro atoms. The van der Waals surface area contributed by atoms with Crippen molar-refractivity contribution in [3.8, 4) is 0 Å². The Morgan fingerprint density at radius 1 is 1.10 bits per heavy atom. The fraction of sp³-hybridized carbons (Fsp3) is 1.00. The van der Waals surface area contributed by atoms with E-state index in [0.717, 1.165) is 19.1 Å². The number of ether oxygens (including phenoxy) is 1. The molecular weight excluding hydrogens is 260 g/mol. The minimum atomic E-state index is 0.466. The Bertz CT molecular complexity index is 302. The number of nitrogens with one attached hydrogen (secondary N) is 1. The molecule has 1 N–H and O–H groups in total. The molecule has 0 aromatic heterocycles. The van der Waals surface area contributed by atoms with Crippen molar-refractivity contribution in [3.05, 3.63) is 0 Å². The highest BCUT2D eigenvalue weighted by atomic mass is 16.5. The molecule has 0 aromatic carbocycles. The van der Waals surface area contributed by atoms with Crippen molar-refractivity contribution in [1.29, 1.82) is 0 Å². The molecule has 0 amide bonds. The maximum Gasteiger partial charge on any atom is 0.0469 e. The van der Waals surface area contributed by atoms with E-state index in [-0.39, 0.29) is 0 Å². The van der Waals surface area contributed by atoms with E-state index >= 15 is 0 Å². The highest BCUT2D eigenvalue weighted by Gasteiger charge is 2.49. The summed E-state index contributed by atoms with van der Waals surface area (Å²) >= 11 is 0. The topological polar surface area (TPSA) is 24.5 Å². The van der Waals surface area contributed by atoms with Gasteiger partial charge in [0.25, 0.3) is 0 Å². The summed E-state index contributed by atoms with van der Waals surface area (Å²) in [7, 11) is 0. The average molecular weight is 294 g/mol. The third kappa shape index (κ3) is 3.30. The molecule has 2 heterocycles. The molecule has 2 saturated heterocycles. The number of nitrogens with zero attached hydrogens (tertiary/aromatic N) is 1. The fourth-order valence-electron chi connectivity index (χ4n) is 5.12. The molecule has 1 unspecified atom stereocenters. The van der Waals surface area contributed by atoms with Crippen molar-refractivity contribution in [2.45, 2.75) is 76.3 Å². The first kappa shape index (κ1) is 15.8. The van der Waals surface area contributed by atoms with Crippen molar-refractivity contribution in [3.63, 3.8) is 0 Å². The van der Waals surface area contributed by atoms with Crippen LogP contribution in [0.5, 0.6) is 0 Å². The Morgan fingerprint density at radius 3 is 2.38 bits per heavy atom. The van der Waals surface area contributed by atoms with Gasteiger partial charge in [-0.2, -0.15) is 0 Å². The summed E-state index contributed by atoms with van der Waals surface area (Å²) < 4.78 is 5.63. The smallest absolute Gasteiger partial charge is 0.0469 e. The van der Waals surface area contributed by atoms with Crippen LogP contribution in [0.15, 0.2) is 0 Å². The summed E-state index contributed by atoms with van der Waals surface area (Å²) in [6.45, 7) is 8.11. The van der Waals surface area contributed by atoms with Crippen LogP contribution < -0.4 is 5.32 Å². The SMILES string of the molecule is CCCNC(C1CCOCC1)C1(N2CCCC2)CCCC1. The van der Waals surface area contributed by atoms with Crippen LogP contribution in [0.2, 0.25) is 0 Å². The van der Waals surface area contributed by atoms with Crippen molar-refractivity contribution >= 4 is 0 Å². The molecule has 2 aliphatic heterocycles. The Kier molecular flexibility index (Phi) is 5.58. The van der Waals surface area contributed by atoms with E-state index in [1.165, 1.54) is 77.4 Å². The third-order valence-electron chi connectivity index (χ3n) is 6.14. The molecule has 21 heavy (non-hydrogen) atoms. The number of hydrogen-bond acceptors (Lipinski definition) is 3. The lowest BCUT2D eigenvalue weighted by atomic mass is 9.75. The summed E-state index contributed by atoms with van der Waals surface area (Å²) in [6, 6.07) is 0.696. The second-order valence-corrected chi connectivity index (χ2v) is 7.39. The highest BCUT2D eigenvalue weighted by Crippen LogP contribution is 2.43. The first-order valence-corrected chi connectivity index (χ1v) is 9.43. The predicted octanol–water partition coefficient (Wildman–Crippen LogP) is 3.19. The van der Waals surface area contributed by atoms with E-state index in [1.54, 1.807) is 0 Å². The summed E-state index contributed by atoms with van der Waals surface area (Å²) in [4.78, 5) is 2.88. The van der Waals surface area contributed by atoms with Crippen LogP contribution in [0.1, 0.15) is 64.7 Å². The van der Waals surface area contributed by atoms with Crippen LogP contribution in [-0.4, -0.2) is 49.3 Å². The standard InChI is InChI=1S/C18H34N2O/c1-2-11-19-17(16-7-14-21-15-8-16)18(9-3-4-10-18)20-12-5-6-13-20/h16-17,19H,2-15H2,1H3. The molecule has 0 bridgehead atoms. The second-order valence-electron chi connectivity index (χ2n) is 7.39. The van der Waals surface area contributed by atoms with Gasteiger partial charge in [0.1, 0.15) is 0 Å². The first-order valence-electron chi connectivity index (χ1n) is 9.43. The van der Waals surface area contributed by atoms with Crippen molar-refractivity contribution in [2.75, 3.05) is 32.8 Å². The minimum Gasteiger partial charge on any atom is -0.381 e. The highest BCUT2D eigenvalue weighted by molar-refractivity contribution is 5.07. The molecule has 0 radical (unpaired) electrons. The zero-order chi connectivity index (χ0) is 14.5. The van der Waals surface area contributed by atoms with Crippen LogP contribution in [-0.2, 0) is 4.74 Å². The van der Waals surface area contributed by atoms with Gasteiger partial charge in [-0.25, -0.2) is 0 Å². The second kappa shape index (κ2) is 7.43. The van der Waals surface area contributed by atoms with Gasteiger partial charge < -0.3 is 10.1 Å². The summed E-state index contributed by atoms with van der Waals surface area (Å²) in [6.07, 6.45) is 12.3. The lowest BCUT2D eigenvalue weighted by Gasteiger charge is -2.49. The van der Waals surface area contributed by atoms with Crippen molar-refractivity contribution in [2.24, 2.45) is 5.92 Å². The van der Waals surface area contributed by atoms with Gasteiger partial charge in [0, 0.05) is 24.8 Å². The summed E-state index contributed by atoms with van der Waals surface area (Å²) in [5, 5.41) is 4.00. The summed E-state index contributed by atoms with van der Waals surface area (Å²) in [5.74, 6) is 0.823. The largest absolute Gasteiger partial charge is 0.381 e. The molecule has 122 valence electrons. The first-order chi connectivity index (χ1) is 10.4. The molecule has 3 fully saturated rings. The van der Waals surface area contributed by atoms with Crippen LogP contribution in [0.25, 0.3) is 0 Å². The average Bonchev–Trinajstić information content (AvgIpc) is 3.21. The Balaban J connectivity index is 1.79. The fourth-order valence-corrected chi connectivity index (χ4v) is 5.12. The molecule has 3 nitrogen and oxygen atoms in total. The predicted molar refractivity (Wildman–Crippen MR) is 87.6 cm³/mol. The lowest BCUT2D eigenvalue weighted by molar-refractivity contribution is 0.000848. The van der Waals surface area contributed by atoms with Gasteiger partial charge in [-0.1, -0.05) is 19.8 Å². The summed E-state index contributed by atoms with van der Waals surface area (Å²) in [5.41, 5.74) is 0.466. The van der Waals surface area contributed by atoms with Gasteiger partial charge in [-0.3, -0.25) is 4.90 Å². The Hall–Kier alpha value is -0.120. The monoisotopic (exact) mass is 294 g/mol. The van der Waals surface area contributed by atoms with E-state index < -0.39 is 0 Å². The van der Waals surface area contributed by atoms with Gasteiger partial charge in [0.05, 0.1) is 0 Å². The van der Waals surface area contributed by atoms with E-state index in [4.69, 9.17) is 4.74 Å². The van der Waals surface area contributed by atoms with E-state index in [1.807, 2.05) is 0 Å². The van der Waals surface area contributed by atoms with Gasteiger partial charge >= 0.3 is 0 Å². The maximum absolute atomic E-state index is 5.63. The van der Waals surface area contributed by atoms with Crippen molar-refractivity contribution < 1.29 is 4.74 Å². The molecular formula is C18H34N2O. The van der Waals surface area contributed by atoms with Crippen molar-refractivity contribution in [1.82, 2.24) is 10.2 Å². The molecule has 3 aliphatic rings. The van der Waals surface area contributed by atoms with E-state index in [0.29, 0.717) is 11.6 Å². The van der Waals surface area contributed by atoms with Gasteiger partial charge in [0.2, 0.25) is 0 Å². The maximum atomic E-state index is 5.63. The van der Waals surface area contributed by atoms with Crippen LogP contribution in [0.3, 0.4) is 0 Å². The quantitative estimate of drug-likeness (QED) is 0.814. The zero-order valence-corrected chi connectivity index (χ0v) is 13.9. The molecule has 1 saturated carbocycles. The Labute approximate surface area is 130 Å². The number of likely N-dealkylation sites (tertiary alicyclic amines) is 1. The third-order valence-corrected chi connectivity index (χ3v) is 6.14. The zero-order valence-electron chi connectivity index (χ0n) is 13.9. The minimum absolute atomic E-state index is 0.466. The lowest BCUT2D eigenvalue weighted by Crippen LogP contribution is -2.62. The molecule has 1 atom stereocenters. The number of rotatable bonds is 6. The molecule has 0 aromatic rings. The molecule has 1 aliphatic carbocycles. The van der Waals surface area contributed by atoms with Gasteiger partial charge in [0.15, 0.2) is 0 Å². The van der Waals surface area contributed by atoms with Gasteiger partial charge in [-0.05, 0) is 70.5 Å². The van der Waals surface area contributed by atoms with E-state index in [2.05, 4.69) is 17.1 Å². The van der Waals surface area contributed by atoms with Crippen LogP contribution in [0, 0.1) is 5.92 Å². The molecule has 3 rings (SSSR count). The number of hydrogen-bond donors (Lipinski definition) is 1. The van der Waals surface area contributed by atoms with Crippen LogP contribution >= 0.6 is 0 Å². The van der Waals surface area contributed by atoms with E-state index in [9.17, 15) is 0 Å². The van der Waals surface area contributed by atoms with Crippen LogP contribution in [0.4, 0.5) is 0 Å².